The monoisotopic (exact) mass is 563 g/mol. The van der Waals surface area contributed by atoms with Crippen LogP contribution in [0.1, 0.15) is 66.5 Å². The van der Waals surface area contributed by atoms with Crippen LogP contribution in [-0.2, 0) is 20.4 Å². The van der Waals surface area contributed by atoms with Crippen LogP contribution in [0.5, 0.6) is 0 Å². The van der Waals surface area contributed by atoms with Gasteiger partial charge in [-0.05, 0) is 83.5 Å². The second-order valence-electron chi connectivity index (χ2n) is 12.2. The van der Waals surface area contributed by atoms with E-state index in [-0.39, 0.29) is 28.7 Å². The van der Waals surface area contributed by atoms with Gasteiger partial charge in [0.25, 0.3) is 0 Å². The number of allylic oxidation sites excluding steroid dienone is 5. The molecule has 0 fully saturated rings. The minimum Gasteiger partial charge on any atom is -0.495 e. The first kappa shape index (κ1) is 27.7. The highest BCUT2D eigenvalue weighted by molar-refractivity contribution is 6.31. The number of nitrogens with zero attached hydrogens (tertiary/aromatic N) is 2. The Morgan fingerprint density at radius 1 is 0.897 bits per heavy atom. The van der Waals surface area contributed by atoms with Gasteiger partial charge >= 0.3 is 0 Å². The van der Waals surface area contributed by atoms with Gasteiger partial charge in [0.1, 0.15) is 5.76 Å². The predicted octanol–water partition coefficient (Wildman–Crippen LogP) is 8.28. The van der Waals surface area contributed by atoms with Crippen LogP contribution in [0.2, 0.25) is 10.0 Å². The molecule has 2 aromatic rings. The molecule has 0 saturated carbocycles. The summed E-state index contributed by atoms with van der Waals surface area (Å²) in [7, 11) is 1.64. The number of fused-ring (bicyclic) bond motifs is 2. The second-order valence-corrected chi connectivity index (χ2v) is 13.1. The summed E-state index contributed by atoms with van der Waals surface area (Å²) in [6.45, 7) is 17.4. The summed E-state index contributed by atoms with van der Waals surface area (Å²) in [6.07, 6.45) is 4.04. The number of carbonyl (C=O) groups is 1. The topological polar surface area (TPSA) is 32.5 Å². The third-order valence-corrected chi connectivity index (χ3v) is 8.83. The minimum absolute atomic E-state index is 0.00570. The van der Waals surface area contributed by atoms with Gasteiger partial charge in [-0.1, -0.05) is 37.0 Å². The molecule has 0 saturated heterocycles. The first-order valence-electron chi connectivity index (χ1n) is 13.5. The molecule has 2 aromatic carbocycles. The van der Waals surface area contributed by atoms with Crippen molar-refractivity contribution in [2.75, 3.05) is 12.0 Å². The molecule has 2 aliphatic heterocycles. The van der Waals surface area contributed by atoms with Crippen LogP contribution in [0.15, 0.2) is 71.2 Å². The Kier molecular flexibility index (Phi) is 6.67. The lowest BCUT2D eigenvalue weighted by atomic mass is 9.77. The fourth-order valence-corrected chi connectivity index (χ4v) is 6.72. The third-order valence-electron chi connectivity index (χ3n) is 8.36. The van der Waals surface area contributed by atoms with E-state index < -0.39 is 0 Å². The maximum absolute atomic E-state index is 13.8. The minimum atomic E-state index is -0.326. The van der Waals surface area contributed by atoms with Gasteiger partial charge in [0.05, 0.1) is 23.7 Å². The highest BCUT2D eigenvalue weighted by Gasteiger charge is 2.48. The van der Waals surface area contributed by atoms with Gasteiger partial charge in [0, 0.05) is 50.6 Å². The van der Waals surface area contributed by atoms with Crippen molar-refractivity contribution in [3.63, 3.8) is 0 Å². The summed E-state index contributed by atoms with van der Waals surface area (Å²) in [5.41, 5.74) is 7.24. The van der Waals surface area contributed by atoms with Gasteiger partial charge in [0.15, 0.2) is 11.8 Å². The second kappa shape index (κ2) is 9.38. The smallest absolute Gasteiger partial charge is 0.210 e. The molecule has 6 heteroatoms. The fourth-order valence-electron chi connectivity index (χ4n) is 6.38. The van der Waals surface area contributed by atoms with E-state index in [0.717, 1.165) is 33.9 Å². The molecule has 0 bridgehead atoms. The zero-order valence-electron chi connectivity index (χ0n) is 24.2. The summed E-state index contributed by atoms with van der Waals surface area (Å²) >= 11 is 12.8. The molecule has 39 heavy (non-hydrogen) atoms. The molecule has 0 N–H and O–H groups in total. The average Bonchev–Trinajstić information content (AvgIpc) is 3.21. The molecule has 0 radical (unpaired) electrons. The zero-order valence-corrected chi connectivity index (χ0v) is 25.8. The van der Waals surface area contributed by atoms with Gasteiger partial charge in [-0.2, -0.15) is 4.58 Å². The van der Waals surface area contributed by atoms with Crippen LogP contribution in [0.3, 0.4) is 0 Å². The number of halogens is 2. The van der Waals surface area contributed by atoms with E-state index in [4.69, 9.17) is 27.9 Å². The predicted molar refractivity (Wildman–Crippen MR) is 162 cm³/mol. The quantitative estimate of drug-likeness (QED) is 0.271. The van der Waals surface area contributed by atoms with E-state index in [9.17, 15) is 4.79 Å². The van der Waals surface area contributed by atoms with Crippen molar-refractivity contribution >= 4 is 46.1 Å². The van der Waals surface area contributed by atoms with E-state index in [1.165, 1.54) is 0 Å². The number of methoxy groups -OCH3 is 1. The van der Waals surface area contributed by atoms with Gasteiger partial charge in [-0.3, -0.25) is 4.79 Å². The van der Waals surface area contributed by atoms with E-state index >= 15 is 0 Å². The zero-order chi connectivity index (χ0) is 28.6. The molecule has 2 heterocycles. The molecule has 0 atom stereocenters. The van der Waals surface area contributed by atoms with Crippen LogP contribution < -0.4 is 4.90 Å². The van der Waals surface area contributed by atoms with E-state index in [1.54, 1.807) is 7.11 Å². The SMILES string of the molecule is COC1=C(/C=C2\N(C(C)C)c3ccc(Cl)cc3C2(C)C)C(=O)/C1=C/C1=[N+](C(C)C)c2ccc(Cl)cc2C1(C)C. The number of rotatable bonds is 5. The number of hydrogen-bond donors (Lipinski definition) is 0. The van der Waals surface area contributed by atoms with Gasteiger partial charge < -0.3 is 9.64 Å². The molecular weight excluding hydrogens is 527 g/mol. The Bertz CT molecular complexity index is 1540. The van der Waals surface area contributed by atoms with Crippen molar-refractivity contribution in [1.29, 1.82) is 0 Å². The number of benzene rings is 2. The molecule has 204 valence electrons. The Labute approximate surface area is 242 Å². The first-order chi connectivity index (χ1) is 18.2. The Morgan fingerprint density at radius 2 is 1.51 bits per heavy atom. The van der Waals surface area contributed by atoms with Crippen LogP contribution >= 0.6 is 23.2 Å². The maximum Gasteiger partial charge on any atom is 0.210 e. The van der Waals surface area contributed by atoms with Gasteiger partial charge in [-0.15, -0.1) is 0 Å². The van der Waals surface area contributed by atoms with Gasteiger partial charge in [-0.25, -0.2) is 0 Å². The van der Waals surface area contributed by atoms with Crippen molar-refractivity contribution < 1.29 is 14.1 Å². The van der Waals surface area contributed by atoms with Crippen LogP contribution in [0.4, 0.5) is 11.4 Å². The summed E-state index contributed by atoms with van der Waals surface area (Å²) < 4.78 is 8.18. The van der Waals surface area contributed by atoms with E-state index in [1.807, 2.05) is 36.4 Å². The number of Topliss-reactive ketones (excluding diaryl/α,β-unsaturated/α-hetero) is 1. The van der Waals surface area contributed by atoms with Crippen molar-refractivity contribution in [1.82, 2.24) is 0 Å². The molecule has 4 nitrogen and oxygen atoms in total. The van der Waals surface area contributed by atoms with Gasteiger partial charge in [0.2, 0.25) is 11.5 Å². The van der Waals surface area contributed by atoms with Crippen molar-refractivity contribution in [2.24, 2.45) is 0 Å². The molecular formula is C33H37Cl2N2O2+. The number of carbonyl (C=O) groups excluding carboxylic acids is 1. The summed E-state index contributed by atoms with van der Waals surface area (Å²) in [4.78, 5) is 16.1. The summed E-state index contributed by atoms with van der Waals surface area (Å²) in [6, 6.07) is 12.5. The van der Waals surface area contributed by atoms with E-state index in [2.05, 4.69) is 77.0 Å². The molecule has 3 aliphatic rings. The lowest BCUT2D eigenvalue weighted by molar-refractivity contribution is -0.472. The standard InChI is InChI=1S/C33H37Cl2N2O2/c1-18(2)36-26-12-10-20(34)14-24(26)32(5,6)28(36)16-22-30(38)23(31(22)39-9)17-29-33(7,8)25-15-21(35)11-13-27(25)37(29)19(3)4/h10-19H,1-9H3/q+1. The average molecular weight is 565 g/mol. The Morgan fingerprint density at radius 3 is 2.10 bits per heavy atom. The van der Waals surface area contributed by atoms with Crippen molar-refractivity contribution in [3.05, 3.63) is 92.3 Å². The molecule has 0 spiro atoms. The van der Waals surface area contributed by atoms with Crippen molar-refractivity contribution in [3.8, 4) is 0 Å². The largest absolute Gasteiger partial charge is 0.495 e. The van der Waals surface area contributed by atoms with Crippen LogP contribution in [0, 0.1) is 0 Å². The third kappa shape index (κ3) is 4.10. The number of ketones is 1. The molecule has 0 aromatic heterocycles. The fraction of sp³-hybridized carbons (Fsp3) is 0.394. The highest BCUT2D eigenvalue weighted by atomic mass is 35.5. The normalized spacial score (nSPS) is 21.5. The molecule has 0 unspecified atom stereocenters. The summed E-state index contributed by atoms with van der Waals surface area (Å²) in [5, 5.41) is 1.42. The number of hydrogen-bond acceptors (Lipinski definition) is 3. The van der Waals surface area contributed by atoms with Crippen LogP contribution in [0.25, 0.3) is 0 Å². The number of anilines is 1. The number of ether oxygens (including phenoxy) is 1. The first-order valence-corrected chi connectivity index (χ1v) is 14.3. The highest BCUT2D eigenvalue weighted by Crippen LogP contribution is 2.51. The molecule has 1 aliphatic carbocycles. The Hall–Kier alpha value is -2.82. The molecule has 0 amide bonds. The van der Waals surface area contributed by atoms with Crippen molar-refractivity contribution in [2.45, 2.75) is 78.3 Å². The maximum atomic E-state index is 13.8. The Balaban J connectivity index is 1.65. The lowest BCUT2D eigenvalue weighted by Gasteiger charge is -2.32. The van der Waals surface area contributed by atoms with Crippen LogP contribution in [-0.4, -0.2) is 35.3 Å². The lowest BCUT2D eigenvalue weighted by Crippen LogP contribution is -2.34. The molecule has 5 rings (SSSR count). The summed E-state index contributed by atoms with van der Waals surface area (Å²) in [5.74, 6) is 0.621. The van der Waals surface area contributed by atoms with E-state index in [0.29, 0.717) is 27.0 Å².